The molecule has 116 valence electrons. The Labute approximate surface area is 121 Å². The van der Waals surface area contributed by atoms with Crippen LogP contribution in [-0.2, 0) is 10.0 Å². The van der Waals surface area contributed by atoms with Crippen molar-refractivity contribution in [1.82, 2.24) is 10.0 Å². The van der Waals surface area contributed by atoms with Crippen LogP contribution in [0.5, 0.6) is 0 Å². The Morgan fingerprint density at radius 2 is 2.05 bits per heavy atom. The molecule has 0 unspecified atom stereocenters. The number of nitrogens with one attached hydrogen (secondary N) is 2. The fourth-order valence-electron chi connectivity index (χ4n) is 1.78. The van der Waals surface area contributed by atoms with E-state index < -0.39 is 31.3 Å². The summed E-state index contributed by atoms with van der Waals surface area (Å²) in [5.41, 5.74) is -0.466. The second-order valence-electron chi connectivity index (χ2n) is 4.85. The molecule has 1 aromatic rings. The molecule has 0 aliphatic heterocycles. The van der Waals surface area contributed by atoms with Crippen LogP contribution in [0.25, 0.3) is 0 Å². The summed E-state index contributed by atoms with van der Waals surface area (Å²) in [6.45, 7) is 0.814. The van der Waals surface area contributed by atoms with Crippen molar-refractivity contribution >= 4 is 15.7 Å². The maximum Gasteiger partial charge on any atom is 0.270 e. The maximum absolute atomic E-state index is 13.6. The van der Waals surface area contributed by atoms with Gasteiger partial charge in [0.25, 0.3) is 5.69 Å². The highest BCUT2D eigenvalue weighted by Gasteiger charge is 2.22. The van der Waals surface area contributed by atoms with Gasteiger partial charge in [-0.2, -0.15) is 0 Å². The van der Waals surface area contributed by atoms with Gasteiger partial charge in [0.05, 0.1) is 4.92 Å². The molecule has 0 atom stereocenters. The van der Waals surface area contributed by atoms with Crippen LogP contribution >= 0.6 is 0 Å². The largest absolute Gasteiger partial charge is 0.314 e. The number of nitrogens with zero attached hydrogens (tertiary/aromatic N) is 1. The van der Waals surface area contributed by atoms with Crippen LogP contribution in [-0.4, -0.2) is 32.5 Å². The van der Waals surface area contributed by atoms with Gasteiger partial charge < -0.3 is 5.32 Å². The van der Waals surface area contributed by atoms with Crippen LogP contribution in [0.2, 0.25) is 0 Å². The van der Waals surface area contributed by atoms with Crippen molar-refractivity contribution in [3.8, 4) is 0 Å². The molecule has 0 saturated heterocycles. The van der Waals surface area contributed by atoms with Gasteiger partial charge in [-0.05, 0) is 31.9 Å². The third kappa shape index (κ3) is 4.45. The number of hydrogen-bond acceptors (Lipinski definition) is 5. The smallest absolute Gasteiger partial charge is 0.270 e. The highest BCUT2D eigenvalue weighted by atomic mass is 32.2. The first-order valence-corrected chi connectivity index (χ1v) is 8.05. The van der Waals surface area contributed by atoms with Crippen LogP contribution in [0.3, 0.4) is 0 Å². The standard InChI is InChI=1S/C12H16FN3O4S/c13-11-5-4-10(16(17)18)8-12(11)21(19,20)15-7-1-6-14-9-2-3-9/h4-5,8-9,14-15H,1-3,6-7H2. The molecule has 0 radical (unpaired) electrons. The summed E-state index contributed by atoms with van der Waals surface area (Å²) < 4.78 is 39.7. The van der Waals surface area contributed by atoms with Crippen molar-refractivity contribution in [3.05, 3.63) is 34.1 Å². The first-order valence-electron chi connectivity index (χ1n) is 6.57. The van der Waals surface area contributed by atoms with Gasteiger partial charge in [-0.15, -0.1) is 0 Å². The van der Waals surface area contributed by atoms with E-state index in [9.17, 15) is 22.9 Å². The summed E-state index contributed by atoms with van der Waals surface area (Å²) in [7, 11) is -4.09. The van der Waals surface area contributed by atoms with E-state index in [1.165, 1.54) is 0 Å². The zero-order chi connectivity index (χ0) is 15.5. The van der Waals surface area contributed by atoms with E-state index in [1.54, 1.807) is 0 Å². The average Bonchev–Trinajstić information content (AvgIpc) is 3.22. The van der Waals surface area contributed by atoms with Gasteiger partial charge in [0.15, 0.2) is 0 Å². The summed E-state index contributed by atoms with van der Waals surface area (Å²) in [6.07, 6.45) is 2.85. The SMILES string of the molecule is O=[N+]([O-])c1ccc(F)c(S(=O)(=O)NCCCNC2CC2)c1. The Morgan fingerprint density at radius 1 is 1.33 bits per heavy atom. The zero-order valence-corrected chi connectivity index (χ0v) is 12.0. The average molecular weight is 317 g/mol. The Kier molecular flexibility index (Phi) is 4.86. The van der Waals surface area contributed by atoms with Crippen molar-refractivity contribution in [2.75, 3.05) is 13.1 Å². The first kappa shape index (κ1) is 15.8. The van der Waals surface area contributed by atoms with E-state index in [4.69, 9.17) is 0 Å². The van der Waals surface area contributed by atoms with Gasteiger partial charge >= 0.3 is 0 Å². The van der Waals surface area contributed by atoms with Gasteiger partial charge in [0.2, 0.25) is 10.0 Å². The quantitative estimate of drug-likeness (QED) is 0.425. The van der Waals surface area contributed by atoms with Crippen molar-refractivity contribution in [3.63, 3.8) is 0 Å². The van der Waals surface area contributed by atoms with Gasteiger partial charge in [0, 0.05) is 24.7 Å². The number of benzene rings is 1. The molecule has 0 spiro atoms. The molecular weight excluding hydrogens is 301 g/mol. The molecule has 1 aliphatic rings. The van der Waals surface area contributed by atoms with Crippen LogP contribution < -0.4 is 10.0 Å². The van der Waals surface area contributed by atoms with Crippen molar-refractivity contribution in [2.45, 2.75) is 30.2 Å². The van der Waals surface area contributed by atoms with Crippen molar-refractivity contribution in [1.29, 1.82) is 0 Å². The van der Waals surface area contributed by atoms with E-state index >= 15 is 0 Å². The van der Waals surface area contributed by atoms with Crippen LogP contribution in [0.4, 0.5) is 10.1 Å². The Bertz CT molecular complexity index is 631. The van der Waals surface area contributed by atoms with E-state index in [0.29, 0.717) is 19.0 Å². The minimum Gasteiger partial charge on any atom is -0.314 e. The number of nitro groups is 1. The van der Waals surface area contributed by atoms with Crippen LogP contribution in [0, 0.1) is 15.9 Å². The molecule has 2 N–H and O–H groups in total. The Morgan fingerprint density at radius 3 is 2.67 bits per heavy atom. The summed E-state index contributed by atoms with van der Waals surface area (Å²) >= 11 is 0. The third-order valence-electron chi connectivity index (χ3n) is 3.07. The normalized spacial score (nSPS) is 15.1. The predicted octanol–water partition coefficient (Wildman–Crippen LogP) is 1.15. The third-order valence-corrected chi connectivity index (χ3v) is 4.55. The van der Waals surface area contributed by atoms with E-state index in [2.05, 4.69) is 10.0 Å². The molecule has 1 aliphatic carbocycles. The number of halogens is 1. The number of sulfonamides is 1. The fraction of sp³-hybridized carbons (Fsp3) is 0.500. The molecule has 0 amide bonds. The number of non-ortho nitro benzene ring substituents is 1. The van der Waals surface area contributed by atoms with Gasteiger partial charge in [-0.3, -0.25) is 10.1 Å². The van der Waals surface area contributed by atoms with Crippen molar-refractivity contribution < 1.29 is 17.7 Å². The highest BCUT2D eigenvalue weighted by Crippen LogP contribution is 2.21. The molecule has 21 heavy (non-hydrogen) atoms. The Balaban J connectivity index is 1.97. The van der Waals surface area contributed by atoms with Crippen molar-refractivity contribution in [2.24, 2.45) is 0 Å². The summed E-state index contributed by atoms with van der Waals surface area (Å²) in [5, 5.41) is 13.8. The van der Waals surface area contributed by atoms with Crippen LogP contribution in [0.15, 0.2) is 23.1 Å². The van der Waals surface area contributed by atoms with Gasteiger partial charge in [0.1, 0.15) is 10.7 Å². The molecule has 0 aromatic heterocycles. The molecule has 2 rings (SSSR count). The lowest BCUT2D eigenvalue weighted by Gasteiger charge is -2.08. The van der Waals surface area contributed by atoms with E-state index in [0.717, 1.165) is 31.0 Å². The molecular formula is C12H16FN3O4S. The molecule has 9 heteroatoms. The lowest BCUT2D eigenvalue weighted by atomic mass is 10.3. The van der Waals surface area contributed by atoms with E-state index in [-0.39, 0.29) is 6.54 Å². The maximum atomic E-state index is 13.6. The summed E-state index contributed by atoms with van der Waals surface area (Å²) in [5.74, 6) is -1.01. The zero-order valence-electron chi connectivity index (χ0n) is 11.2. The molecule has 1 fully saturated rings. The molecule has 0 heterocycles. The molecule has 7 nitrogen and oxygen atoms in total. The van der Waals surface area contributed by atoms with Gasteiger partial charge in [-0.1, -0.05) is 0 Å². The summed E-state index contributed by atoms with van der Waals surface area (Å²) in [6, 6.07) is 2.96. The monoisotopic (exact) mass is 317 g/mol. The van der Waals surface area contributed by atoms with Crippen LogP contribution in [0.1, 0.15) is 19.3 Å². The Hall–Kier alpha value is -1.58. The molecule has 1 aromatic carbocycles. The second kappa shape index (κ2) is 6.46. The van der Waals surface area contributed by atoms with Gasteiger partial charge in [-0.25, -0.2) is 17.5 Å². The molecule has 1 saturated carbocycles. The fourth-order valence-corrected chi connectivity index (χ4v) is 2.95. The number of hydrogen-bond donors (Lipinski definition) is 2. The second-order valence-corrected chi connectivity index (χ2v) is 6.59. The summed E-state index contributed by atoms with van der Waals surface area (Å²) in [4.78, 5) is 9.15. The minimum absolute atomic E-state index is 0.143. The highest BCUT2D eigenvalue weighted by molar-refractivity contribution is 7.89. The number of rotatable bonds is 8. The van der Waals surface area contributed by atoms with E-state index in [1.807, 2.05) is 0 Å². The lowest BCUT2D eigenvalue weighted by Crippen LogP contribution is -2.28. The molecule has 0 bridgehead atoms. The minimum atomic E-state index is -4.09. The number of nitro benzene ring substituents is 1. The lowest BCUT2D eigenvalue weighted by molar-refractivity contribution is -0.385. The topological polar surface area (TPSA) is 101 Å². The first-order chi connectivity index (χ1) is 9.90. The predicted molar refractivity (Wildman–Crippen MR) is 73.9 cm³/mol.